The Bertz CT molecular complexity index is 401. The van der Waals surface area contributed by atoms with Crippen molar-refractivity contribution in [2.45, 2.75) is 0 Å². The second-order valence-electron chi connectivity index (χ2n) is 3.10. The third-order valence-corrected chi connectivity index (χ3v) is 1.77. The number of hydrogen-bond acceptors (Lipinski definition) is 1. The summed E-state index contributed by atoms with van der Waals surface area (Å²) >= 11 is 0. The highest BCUT2D eigenvalue weighted by Gasteiger charge is 2.27. The predicted octanol–water partition coefficient (Wildman–Crippen LogP) is 3.29. The van der Waals surface area contributed by atoms with Crippen molar-refractivity contribution in [3.05, 3.63) is 41.9 Å². The fourth-order valence-corrected chi connectivity index (χ4v) is 0.857. The van der Waals surface area contributed by atoms with Crippen LogP contribution in [0.5, 0.6) is 5.75 Å². The molecule has 0 aliphatic heterocycles. The van der Waals surface area contributed by atoms with Crippen LogP contribution in [0, 0.1) is 11.6 Å². The van der Waals surface area contributed by atoms with Crippen LogP contribution in [-0.4, -0.2) is 13.6 Å². The highest BCUT2D eigenvalue weighted by molar-refractivity contribution is 6.66. The summed E-state index contributed by atoms with van der Waals surface area (Å²) in [6, 6.07) is 2.33. The van der Waals surface area contributed by atoms with Crippen LogP contribution in [0.25, 0.3) is 0 Å². The first-order chi connectivity index (χ1) is 7.30. The topological polar surface area (TPSA) is 9.23 Å². The molecule has 0 bridgehead atoms. The standard InChI is InChI=1S/C9H7BF5O/c1-6(10(13,14)15)5-16-9-3-2-7(11)4-8(9)12/h2-4H,1,5H2/q-1. The van der Waals surface area contributed by atoms with Gasteiger partial charge in [0.15, 0.2) is 11.6 Å². The average molecular weight is 237 g/mol. The van der Waals surface area contributed by atoms with Crippen LogP contribution in [0.3, 0.4) is 0 Å². The van der Waals surface area contributed by atoms with Crippen molar-refractivity contribution < 1.29 is 26.5 Å². The summed E-state index contributed by atoms with van der Waals surface area (Å²) in [6.07, 6.45) is 0. The summed E-state index contributed by atoms with van der Waals surface area (Å²) in [5.41, 5.74) is -1.08. The lowest BCUT2D eigenvalue weighted by atomic mass is 9.81. The van der Waals surface area contributed by atoms with Crippen LogP contribution >= 0.6 is 0 Å². The minimum absolute atomic E-state index is 0.442. The van der Waals surface area contributed by atoms with Crippen LogP contribution in [0.2, 0.25) is 0 Å². The van der Waals surface area contributed by atoms with Gasteiger partial charge in [0.2, 0.25) is 0 Å². The molecule has 1 rings (SSSR count). The van der Waals surface area contributed by atoms with Crippen molar-refractivity contribution in [2.75, 3.05) is 6.61 Å². The molecule has 0 aromatic heterocycles. The summed E-state index contributed by atoms with van der Waals surface area (Å²) in [5.74, 6) is -2.33. The zero-order valence-corrected chi connectivity index (χ0v) is 8.02. The van der Waals surface area contributed by atoms with Crippen LogP contribution < -0.4 is 4.74 Å². The molecule has 1 nitrogen and oxygen atoms in total. The third kappa shape index (κ3) is 3.25. The zero-order valence-electron chi connectivity index (χ0n) is 8.02. The van der Waals surface area contributed by atoms with Crippen LogP contribution in [-0.2, 0) is 0 Å². The van der Waals surface area contributed by atoms with Crippen molar-refractivity contribution >= 4 is 6.98 Å². The fraction of sp³-hybridized carbons (Fsp3) is 0.111. The van der Waals surface area contributed by atoms with E-state index in [0.29, 0.717) is 6.07 Å². The molecule has 0 heterocycles. The van der Waals surface area contributed by atoms with Crippen molar-refractivity contribution in [1.82, 2.24) is 0 Å². The van der Waals surface area contributed by atoms with E-state index in [1.54, 1.807) is 0 Å². The van der Waals surface area contributed by atoms with E-state index in [0.717, 1.165) is 12.1 Å². The number of benzene rings is 1. The summed E-state index contributed by atoms with van der Waals surface area (Å²) in [4.78, 5) is 0. The molecular formula is C9H7BF5O-. The van der Waals surface area contributed by atoms with Gasteiger partial charge in [0.25, 0.3) is 0 Å². The maximum absolute atomic E-state index is 12.9. The number of halogens is 5. The molecule has 88 valence electrons. The summed E-state index contributed by atoms with van der Waals surface area (Å²) in [7, 11) is 0. The van der Waals surface area contributed by atoms with Crippen LogP contribution in [0.1, 0.15) is 0 Å². The number of ether oxygens (including phenoxy) is 1. The quantitative estimate of drug-likeness (QED) is 0.576. The molecule has 1 aromatic rings. The highest BCUT2D eigenvalue weighted by Crippen LogP contribution is 2.22. The van der Waals surface area contributed by atoms with E-state index in [2.05, 4.69) is 11.3 Å². The molecule has 0 N–H and O–H groups in total. The Morgan fingerprint density at radius 3 is 2.38 bits per heavy atom. The van der Waals surface area contributed by atoms with Gasteiger partial charge in [-0.2, -0.15) is 0 Å². The van der Waals surface area contributed by atoms with Gasteiger partial charge < -0.3 is 17.7 Å². The molecule has 0 saturated carbocycles. The maximum Gasteiger partial charge on any atom is 0.508 e. The first-order valence-electron chi connectivity index (χ1n) is 4.26. The van der Waals surface area contributed by atoms with Gasteiger partial charge in [0.1, 0.15) is 5.82 Å². The van der Waals surface area contributed by atoms with E-state index in [9.17, 15) is 21.7 Å². The minimum Gasteiger partial charge on any atom is -0.489 e. The van der Waals surface area contributed by atoms with Crippen molar-refractivity contribution in [3.63, 3.8) is 0 Å². The molecule has 16 heavy (non-hydrogen) atoms. The second-order valence-corrected chi connectivity index (χ2v) is 3.10. The van der Waals surface area contributed by atoms with Gasteiger partial charge >= 0.3 is 6.98 Å². The van der Waals surface area contributed by atoms with Crippen molar-refractivity contribution in [1.29, 1.82) is 0 Å². The maximum atomic E-state index is 12.9. The van der Waals surface area contributed by atoms with Gasteiger partial charge in [-0.05, 0) is 12.1 Å². The molecule has 7 heteroatoms. The van der Waals surface area contributed by atoms with Gasteiger partial charge in [-0.25, -0.2) is 8.78 Å². The second kappa shape index (κ2) is 4.55. The largest absolute Gasteiger partial charge is 0.508 e. The van der Waals surface area contributed by atoms with E-state index < -0.39 is 36.4 Å². The van der Waals surface area contributed by atoms with E-state index >= 15 is 0 Å². The average Bonchev–Trinajstić information content (AvgIpc) is 2.14. The Hall–Kier alpha value is -1.53. The predicted molar refractivity (Wildman–Crippen MR) is 50.1 cm³/mol. The summed E-state index contributed by atoms with van der Waals surface area (Å²) < 4.78 is 66.0. The first-order valence-corrected chi connectivity index (χ1v) is 4.26. The molecule has 0 atom stereocenters. The molecule has 0 amide bonds. The van der Waals surface area contributed by atoms with Crippen LogP contribution in [0.15, 0.2) is 30.3 Å². The van der Waals surface area contributed by atoms with Gasteiger partial charge in [-0.3, -0.25) is 0 Å². The molecular weight excluding hydrogens is 230 g/mol. The van der Waals surface area contributed by atoms with Gasteiger partial charge in [0, 0.05) is 6.07 Å². The molecule has 0 saturated heterocycles. The first kappa shape index (κ1) is 12.5. The van der Waals surface area contributed by atoms with E-state index in [-0.39, 0.29) is 0 Å². The minimum atomic E-state index is -5.20. The molecule has 0 spiro atoms. The third-order valence-electron chi connectivity index (χ3n) is 1.77. The van der Waals surface area contributed by atoms with Crippen molar-refractivity contribution in [2.24, 2.45) is 0 Å². The van der Waals surface area contributed by atoms with Gasteiger partial charge in [-0.1, -0.05) is 0 Å². The molecule has 0 radical (unpaired) electrons. The zero-order chi connectivity index (χ0) is 12.3. The lowest BCUT2D eigenvalue weighted by Gasteiger charge is -2.18. The molecule has 1 aromatic carbocycles. The Labute approximate surface area is 88.6 Å². The molecule has 0 aliphatic rings. The molecule has 0 unspecified atom stereocenters. The normalized spacial score (nSPS) is 11.3. The Kier molecular flexibility index (Phi) is 3.56. The molecule has 0 aliphatic carbocycles. The number of rotatable bonds is 4. The lowest BCUT2D eigenvalue weighted by Crippen LogP contribution is -2.23. The number of hydrogen-bond donors (Lipinski definition) is 0. The Balaban J connectivity index is 2.65. The van der Waals surface area contributed by atoms with Gasteiger partial charge in [-0.15, -0.1) is 12.1 Å². The van der Waals surface area contributed by atoms with Crippen LogP contribution in [0.4, 0.5) is 21.7 Å². The van der Waals surface area contributed by atoms with E-state index in [1.165, 1.54) is 0 Å². The van der Waals surface area contributed by atoms with E-state index in [1.807, 2.05) is 0 Å². The SMILES string of the molecule is C=C(COc1ccc(F)cc1F)[B-](F)(F)F. The van der Waals surface area contributed by atoms with E-state index in [4.69, 9.17) is 0 Å². The summed E-state index contributed by atoms with van der Waals surface area (Å²) in [5, 5.41) is 0. The fourth-order valence-electron chi connectivity index (χ4n) is 0.857. The highest BCUT2D eigenvalue weighted by atomic mass is 19.4. The monoisotopic (exact) mass is 237 g/mol. The smallest absolute Gasteiger partial charge is 0.489 e. The summed E-state index contributed by atoms with van der Waals surface area (Å²) in [6.45, 7) is -3.30. The Morgan fingerprint density at radius 1 is 1.25 bits per heavy atom. The van der Waals surface area contributed by atoms with Gasteiger partial charge in [0.05, 0.1) is 6.61 Å². The lowest BCUT2D eigenvalue weighted by molar-refractivity contribution is 0.327. The molecule has 0 fully saturated rings. The van der Waals surface area contributed by atoms with Crippen molar-refractivity contribution in [3.8, 4) is 5.75 Å². The Morgan fingerprint density at radius 2 is 1.88 bits per heavy atom.